The van der Waals surface area contributed by atoms with Crippen molar-refractivity contribution in [3.63, 3.8) is 0 Å². The number of halogens is 1. The van der Waals surface area contributed by atoms with Crippen LogP contribution in [0, 0.1) is 11.7 Å². The first-order chi connectivity index (χ1) is 10.7. The Labute approximate surface area is 131 Å². The van der Waals surface area contributed by atoms with Crippen molar-refractivity contribution < 1.29 is 9.18 Å². The van der Waals surface area contributed by atoms with Crippen molar-refractivity contribution in [1.82, 2.24) is 9.80 Å². The Hall–Kier alpha value is -1.42. The van der Waals surface area contributed by atoms with Crippen LogP contribution in [0.25, 0.3) is 0 Å². The van der Waals surface area contributed by atoms with E-state index < -0.39 is 0 Å². The van der Waals surface area contributed by atoms with Crippen molar-refractivity contribution in [3.8, 4) is 0 Å². The zero-order valence-corrected chi connectivity index (χ0v) is 12.9. The molecule has 118 valence electrons. The Morgan fingerprint density at radius 2 is 2.00 bits per heavy atom. The first-order valence-corrected chi connectivity index (χ1v) is 8.50. The molecule has 3 atom stereocenters. The van der Waals surface area contributed by atoms with Gasteiger partial charge in [0.15, 0.2) is 0 Å². The molecule has 3 fully saturated rings. The third-order valence-electron chi connectivity index (χ3n) is 5.52. The molecule has 3 aliphatic rings. The summed E-state index contributed by atoms with van der Waals surface area (Å²) in [6.45, 7) is 4.18. The van der Waals surface area contributed by atoms with Crippen molar-refractivity contribution in [2.75, 3.05) is 26.2 Å². The van der Waals surface area contributed by atoms with E-state index in [0.717, 1.165) is 31.5 Å². The molecule has 0 radical (unpaired) electrons. The summed E-state index contributed by atoms with van der Waals surface area (Å²) < 4.78 is 13.3. The van der Waals surface area contributed by atoms with Crippen LogP contribution in [0.4, 0.5) is 4.39 Å². The third-order valence-corrected chi connectivity index (χ3v) is 5.52. The number of benzene rings is 1. The number of hydrogen-bond donors (Lipinski definition) is 0. The highest BCUT2D eigenvalue weighted by Gasteiger charge is 2.47. The van der Waals surface area contributed by atoms with Gasteiger partial charge in [-0.1, -0.05) is 12.1 Å². The molecule has 0 aromatic heterocycles. The lowest BCUT2D eigenvalue weighted by molar-refractivity contribution is -0.131. The topological polar surface area (TPSA) is 23.6 Å². The molecule has 0 N–H and O–H groups in total. The van der Waals surface area contributed by atoms with Gasteiger partial charge in [-0.15, -0.1) is 0 Å². The van der Waals surface area contributed by atoms with E-state index >= 15 is 0 Å². The molecule has 1 aromatic carbocycles. The highest BCUT2D eigenvalue weighted by Crippen LogP contribution is 2.48. The average Bonchev–Trinajstić information content (AvgIpc) is 2.92. The van der Waals surface area contributed by atoms with E-state index in [2.05, 4.69) is 4.90 Å². The fourth-order valence-electron chi connectivity index (χ4n) is 4.15. The minimum absolute atomic E-state index is 0.0825. The van der Waals surface area contributed by atoms with Crippen LogP contribution >= 0.6 is 0 Å². The molecule has 1 amide bonds. The number of nitrogens with zero attached hydrogens (tertiary/aromatic N) is 2. The summed E-state index contributed by atoms with van der Waals surface area (Å²) in [7, 11) is 0. The molecule has 22 heavy (non-hydrogen) atoms. The van der Waals surface area contributed by atoms with Gasteiger partial charge in [0.25, 0.3) is 0 Å². The van der Waals surface area contributed by atoms with Gasteiger partial charge >= 0.3 is 0 Å². The van der Waals surface area contributed by atoms with E-state index in [-0.39, 0.29) is 23.6 Å². The van der Waals surface area contributed by atoms with Crippen molar-refractivity contribution in [2.45, 2.75) is 37.6 Å². The van der Waals surface area contributed by atoms with Gasteiger partial charge < -0.3 is 4.90 Å². The smallest absolute Gasteiger partial charge is 0.226 e. The molecule has 4 rings (SSSR count). The second-order valence-electron chi connectivity index (χ2n) is 6.97. The summed E-state index contributed by atoms with van der Waals surface area (Å²) in [5.74, 6) is 0.398. The number of rotatable bonds is 3. The lowest BCUT2D eigenvalue weighted by atomic mass is 10.1. The zero-order valence-electron chi connectivity index (χ0n) is 12.9. The molecule has 0 unspecified atom stereocenters. The first-order valence-electron chi connectivity index (χ1n) is 8.50. The van der Waals surface area contributed by atoms with Gasteiger partial charge in [-0.2, -0.15) is 0 Å². The third kappa shape index (κ3) is 2.65. The standard InChI is InChI=1S/C18H23FN2O/c19-14-5-3-4-13(10-14)16-11-17(16)18(22)21-9-6-15(12-21)20-7-1-2-8-20/h3-5,10,15-17H,1-2,6-9,11-12H2/t15-,16-,17+/m0/s1. The Morgan fingerprint density at radius 3 is 2.77 bits per heavy atom. The van der Waals surface area contributed by atoms with Gasteiger partial charge in [0.2, 0.25) is 5.91 Å². The molecule has 2 saturated heterocycles. The maximum atomic E-state index is 13.3. The lowest BCUT2D eigenvalue weighted by Crippen LogP contribution is -2.37. The minimum atomic E-state index is -0.203. The average molecular weight is 302 g/mol. The van der Waals surface area contributed by atoms with E-state index in [4.69, 9.17) is 0 Å². The van der Waals surface area contributed by atoms with E-state index in [1.165, 1.54) is 32.0 Å². The SMILES string of the molecule is O=C([C@@H]1C[C@H]1c1cccc(F)c1)N1CC[C@H](N2CCCC2)C1. The van der Waals surface area contributed by atoms with Gasteiger partial charge in [-0.05, 0) is 62.4 Å². The van der Waals surface area contributed by atoms with Crippen molar-refractivity contribution in [1.29, 1.82) is 0 Å². The van der Waals surface area contributed by atoms with E-state index in [0.29, 0.717) is 6.04 Å². The molecular weight excluding hydrogens is 279 g/mol. The maximum Gasteiger partial charge on any atom is 0.226 e. The maximum absolute atomic E-state index is 13.3. The fourth-order valence-corrected chi connectivity index (χ4v) is 4.15. The molecule has 1 saturated carbocycles. The number of likely N-dealkylation sites (tertiary alicyclic amines) is 2. The van der Waals surface area contributed by atoms with Gasteiger partial charge in [-0.3, -0.25) is 9.69 Å². The van der Waals surface area contributed by atoms with Crippen molar-refractivity contribution in [3.05, 3.63) is 35.6 Å². The Morgan fingerprint density at radius 1 is 1.18 bits per heavy atom. The summed E-state index contributed by atoms with van der Waals surface area (Å²) in [5, 5.41) is 0. The minimum Gasteiger partial charge on any atom is -0.341 e. The monoisotopic (exact) mass is 302 g/mol. The Bertz CT molecular complexity index is 570. The van der Waals surface area contributed by atoms with Gasteiger partial charge in [0, 0.05) is 25.0 Å². The zero-order chi connectivity index (χ0) is 15.1. The van der Waals surface area contributed by atoms with Crippen LogP contribution in [0.1, 0.15) is 37.2 Å². The van der Waals surface area contributed by atoms with Crippen LogP contribution in [0.3, 0.4) is 0 Å². The normalized spacial score (nSPS) is 31.7. The van der Waals surface area contributed by atoms with Crippen LogP contribution in [-0.4, -0.2) is 47.9 Å². The van der Waals surface area contributed by atoms with Crippen LogP contribution in [-0.2, 0) is 4.79 Å². The Balaban J connectivity index is 1.35. The summed E-state index contributed by atoms with van der Waals surface area (Å²) in [6, 6.07) is 7.29. The number of carbonyl (C=O) groups is 1. The number of carbonyl (C=O) groups excluding carboxylic acids is 1. The van der Waals surface area contributed by atoms with Gasteiger partial charge in [0.1, 0.15) is 5.82 Å². The molecule has 1 aromatic rings. The summed E-state index contributed by atoms with van der Waals surface area (Å²) in [4.78, 5) is 17.2. The highest BCUT2D eigenvalue weighted by molar-refractivity contribution is 5.83. The van der Waals surface area contributed by atoms with E-state index in [9.17, 15) is 9.18 Å². The van der Waals surface area contributed by atoms with E-state index in [1.54, 1.807) is 12.1 Å². The van der Waals surface area contributed by atoms with Crippen molar-refractivity contribution in [2.24, 2.45) is 5.92 Å². The number of amides is 1. The van der Waals surface area contributed by atoms with Crippen molar-refractivity contribution >= 4 is 5.91 Å². The van der Waals surface area contributed by atoms with E-state index in [1.807, 2.05) is 11.0 Å². The molecule has 0 spiro atoms. The van der Waals surface area contributed by atoms with Gasteiger partial charge in [0.05, 0.1) is 0 Å². The molecule has 2 aliphatic heterocycles. The summed E-state index contributed by atoms with van der Waals surface area (Å²) in [5.41, 5.74) is 0.980. The summed E-state index contributed by atoms with van der Waals surface area (Å²) in [6.07, 6.45) is 4.60. The van der Waals surface area contributed by atoms with Crippen LogP contribution in [0.15, 0.2) is 24.3 Å². The molecule has 1 aliphatic carbocycles. The second-order valence-corrected chi connectivity index (χ2v) is 6.97. The molecule has 2 heterocycles. The Kier molecular flexibility index (Phi) is 3.65. The fraction of sp³-hybridized carbons (Fsp3) is 0.611. The predicted molar refractivity (Wildman–Crippen MR) is 83.0 cm³/mol. The quantitative estimate of drug-likeness (QED) is 0.857. The predicted octanol–water partition coefficient (Wildman–Crippen LogP) is 2.63. The highest BCUT2D eigenvalue weighted by atomic mass is 19.1. The van der Waals surface area contributed by atoms with Crippen LogP contribution in [0.2, 0.25) is 0 Å². The molecule has 0 bridgehead atoms. The number of hydrogen-bond acceptors (Lipinski definition) is 2. The van der Waals surface area contributed by atoms with Gasteiger partial charge in [-0.25, -0.2) is 4.39 Å². The van der Waals surface area contributed by atoms with Crippen LogP contribution in [0.5, 0.6) is 0 Å². The first kappa shape index (κ1) is 14.2. The molecular formula is C18H23FN2O. The molecule has 3 nitrogen and oxygen atoms in total. The summed E-state index contributed by atoms with van der Waals surface area (Å²) >= 11 is 0. The largest absolute Gasteiger partial charge is 0.341 e. The lowest BCUT2D eigenvalue weighted by Gasteiger charge is -2.23. The second kappa shape index (κ2) is 5.65. The molecule has 4 heteroatoms. The van der Waals surface area contributed by atoms with Crippen LogP contribution < -0.4 is 0 Å².